The molecule has 110 valence electrons. The Bertz CT molecular complexity index is 638. The van der Waals surface area contributed by atoms with Gasteiger partial charge in [-0.15, -0.1) is 0 Å². The van der Waals surface area contributed by atoms with Crippen LogP contribution in [0.5, 0.6) is 0 Å². The van der Waals surface area contributed by atoms with Crippen molar-refractivity contribution in [1.29, 1.82) is 0 Å². The molecule has 4 heteroatoms. The van der Waals surface area contributed by atoms with Crippen molar-refractivity contribution in [1.82, 2.24) is 5.32 Å². The summed E-state index contributed by atoms with van der Waals surface area (Å²) < 4.78 is 0. The third kappa shape index (κ3) is 3.83. The number of amides is 1. The van der Waals surface area contributed by atoms with Crippen molar-refractivity contribution in [2.75, 3.05) is 12.0 Å². The lowest BCUT2D eigenvalue weighted by Gasteiger charge is -2.11. The first-order valence-corrected chi connectivity index (χ1v) is 7.02. The summed E-state index contributed by atoms with van der Waals surface area (Å²) in [5, 5.41) is 2.93. The highest BCUT2D eigenvalue weighted by molar-refractivity contribution is 5.99. The highest BCUT2D eigenvalue weighted by Crippen LogP contribution is 2.16. The standard InChI is InChI=1S/C17H21N3O/c1-12-7-8-15(16(11-12)20-18)17(21)19-10-9-14-6-4-3-5-13(14)2/h3-8,11,20H,9-10,18H2,1-2H3,(H,19,21). The number of carbonyl (C=O) groups excluding carboxylic acids is 1. The second-order valence-electron chi connectivity index (χ2n) is 5.13. The van der Waals surface area contributed by atoms with Gasteiger partial charge in [0.05, 0.1) is 11.3 Å². The van der Waals surface area contributed by atoms with Gasteiger partial charge < -0.3 is 10.7 Å². The van der Waals surface area contributed by atoms with E-state index in [2.05, 4.69) is 29.8 Å². The average molecular weight is 283 g/mol. The van der Waals surface area contributed by atoms with Crippen molar-refractivity contribution in [3.8, 4) is 0 Å². The van der Waals surface area contributed by atoms with Gasteiger partial charge in [-0.25, -0.2) is 0 Å². The first-order chi connectivity index (χ1) is 10.1. The number of nitrogen functional groups attached to an aromatic ring is 1. The van der Waals surface area contributed by atoms with Crippen LogP contribution in [-0.4, -0.2) is 12.5 Å². The van der Waals surface area contributed by atoms with Gasteiger partial charge in [-0.05, 0) is 49.1 Å². The molecule has 0 saturated carbocycles. The van der Waals surface area contributed by atoms with E-state index in [0.717, 1.165) is 12.0 Å². The number of anilines is 1. The van der Waals surface area contributed by atoms with E-state index in [4.69, 9.17) is 5.84 Å². The minimum atomic E-state index is -0.114. The molecular formula is C17H21N3O. The predicted molar refractivity (Wildman–Crippen MR) is 86.2 cm³/mol. The second-order valence-corrected chi connectivity index (χ2v) is 5.13. The number of aryl methyl sites for hydroxylation is 2. The van der Waals surface area contributed by atoms with Gasteiger partial charge in [0.2, 0.25) is 0 Å². The van der Waals surface area contributed by atoms with E-state index < -0.39 is 0 Å². The van der Waals surface area contributed by atoms with Gasteiger partial charge in [0.15, 0.2) is 0 Å². The molecule has 0 aliphatic carbocycles. The van der Waals surface area contributed by atoms with E-state index in [-0.39, 0.29) is 5.91 Å². The van der Waals surface area contributed by atoms with Crippen LogP contribution in [0.2, 0.25) is 0 Å². The molecule has 0 radical (unpaired) electrons. The van der Waals surface area contributed by atoms with Crippen LogP contribution in [0, 0.1) is 13.8 Å². The van der Waals surface area contributed by atoms with Crippen molar-refractivity contribution in [3.63, 3.8) is 0 Å². The fraction of sp³-hybridized carbons (Fsp3) is 0.235. The summed E-state index contributed by atoms with van der Waals surface area (Å²) in [4.78, 5) is 12.2. The molecule has 1 amide bonds. The van der Waals surface area contributed by atoms with Crippen LogP contribution in [0.4, 0.5) is 5.69 Å². The molecule has 0 aromatic heterocycles. The van der Waals surface area contributed by atoms with E-state index in [9.17, 15) is 4.79 Å². The summed E-state index contributed by atoms with van der Waals surface area (Å²) in [7, 11) is 0. The number of nitrogens with one attached hydrogen (secondary N) is 2. The number of benzene rings is 2. The first kappa shape index (κ1) is 15.1. The number of rotatable bonds is 5. The van der Waals surface area contributed by atoms with Crippen LogP contribution in [0.3, 0.4) is 0 Å². The molecule has 0 aliphatic heterocycles. The van der Waals surface area contributed by atoms with Gasteiger partial charge in [0.1, 0.15) is 0 Å². The number of carbonyl (C=O) groups is 1. The second kappa shape index (κ2) is 6.90. The molecule has 4 N–H and O–H groups in total. The first-order valence-electron chi connectivity index (χ1n) is 7.02. The van der Waals surface area contributed by atoms with E-state index >= 15 is 0 Å². The maximum Gasteiger partial charge on any atom is 0.253 e. The summed E-state index contributed by atoms with van der Waals surface area (Å²) in [6.07, 6.45) is 0.815. The minimum absolute atomic E-state index is 0.114. The predicted octanol–water partition coefficient (Wildman–Crippen LogP) is 2.56. The van der Waals surface area contributed by atoms with Gasteiger partial charge in [-0.3, -0.25) is 10.6 Å². The molecule has 2 rings (SSSR count). The van der Waals surface area contributed by atoms with Crippen LogP contribution < -0.4 is 16.6 Å². The Kier molecular flexibility index (Phi) is 4.95. The van der Waals surface area contributed by atoms with Crippen LogP contribution in [-0.2, 0) is 6.42 Å². The zero-order chi connectivity index (χ0) is 15.2. The minimum Gasteiger partial charge on any atom is -0.352 e. The quantitative estimate of drug-likeness (QED) is 0.583. The lowest BCUT2D eigenvalue weighted by atomic mass is 10.1. The van der Waals surface area contributed by atoms with Gasteiger partial charge in [-0.1, -0.05) is 30.3 Å². The zero-order valence-electron chi connectivity index (χ0n) is 12.4. The zero-order valence-corrected chi connectivity index (χ0v) is 12.4. The maximum absolute atomic E-state index is 12.2. The van der Waals surface area contributed by atoms with E-state index in [0.29, 0.717) is 17.8 Å². The lowest BCUT2D eigenvalue weighted by Crippen LogP contribution is -2.27. The molecule has 0 spiro atoms. The monoisotopic (exact) mass is 283 g/mol. The van der Waals surface area contributed by atoms with Crippen LogP contribution in [0.15, 0.2) is 42.5 Å². The Morgan fingerprint density at radius 2 is 1.90 bits per heavy atom. The topological polar surface area (TPSA) is 67.2 Å². The molecule has 0 aliphatic rings. The van der Waals surface area contributed by atoms with Crippen molar-refractivity contribution in [2.45, 2.75) is 20.3 Å². The van der Waals surface area contributed by atoms with Crippen LogP contribution >= 0.6 is 0 Å². The number of nitrogens with two attached hydrogens (primary N) is 1. The smallest absolute Gasteiger partial charge is 0.253 e. The van der Waals surface area contributed by atoms with Gasteiger partial charge in [0.25, 0.3) is 5.91 Å². The average Bonchev–Trinajstić information content (AvgIpc) is 2.48. The highest BCUT2D eigenvalue weighted by atomic mass is 16.1. The van der Waals surface area contributed by atoms with Gasteiger partial charge in [-0.2, -0.15) is 0 Å². The van der Waals surface area contributed by atoms with E-state index in [1.165, 1.54) is 11.1 Å². The summed E-state index contributed by atoms with van der Waals surface area (Å²) in [6, 6.07) is 13.7. The van der Waals surface area contributed by atoms with Crippen molar-refractivity contribution < 1.29 is 4.79 Å². The third-order valence-corrected chi connectivity index (χ3v) is 3.52. The fourth-order valence-corrected chi connectivity index (χ4v) is 2.27. The lowest BCUT2D eigenvalue weighted by molar-refractivity contribution is 0.0955. The molecule has 21 heavy (non-hydrogen) atoms. The molecule has 4 nitrogen and oxygen atoms in total. The third-order valence-electron chi connectivity index (χ3n) is 3.52. The maximum atomic E-state index is 12.2. The summed E-state index contributed by atoms with van der Waals surface area (Å²) in [5.74, 6) is 5.35. The van der Waals surface area contributed by atoms with Crippen LogP contribution in [0.25, 0.3) is 0 Å². The van der Waals surface area contributed by atoms with Crippen molar-refractivity contribution >= 4 is 11.6 Å². The molecule has 0 atom stereocenters. The largest absolute Gasteiger partial charge is 0.352 e. The summed E-state index contributed by atoms with van der Waals surface area (Å²) >= 11 is 0. The van der Waals surface area contributed by atoms with Gasteiger partial charge in [0, 0.05) is 6.54 Å². The molecule has 2 aromatic rings. The van der Waals surface area contributed by atoms with Crippen molar-refractivity contribution in [3.05, 3.63) is 64.7 Å². The van der Waals surface area contributed by atoms with Crippen molar-refractivity contribution in [2.24, 2.45) is 5.84 Å². The molecule has 0 heterocycles. The molecule has 2 aromatic carbocycles. The molecule has 0 unspecified atom stereocenters. The van der Waals surface area contributed by atoms with Crippen LogP contribution in [0.1, 0.15) is 27.0 Å². The number of hydrazine groups is 1. The molecule has 0 saturated heterocycles. The number of hydrogen-bond acceptors (Lipinski definition) is 3. The molecular weight excluding hydrogens is 262 g/mol. The van der Waals surface area contributed by atoms with E-state index in [1.807, 2.05) is 31.2 Å². The Morgan fingerprint density at radius 3 is 2.62 bits per heavy atom. The Morgan fingerprint density at radius 1 is 1.14 bits per heavy atom. The fourth-order valence-electron chi connectivity index (χ4n) is 2.27. The number of hydrogen-bond donors (Lipinski definition) is 3. The Hall–Kier alpha value is -2.33. The summed E-state index contributed by atoms with van der Waals surface area (Å²) in [5.41, 5.74) is 7.32. The highest BCUT2D eigenvalue weighted by Gasteiger charge is 2.10. The summed E-state index contributed by atoms with van der Waals surface area (Å²) in [6.45, 7) is 4.63. The van der Waals surface area contributed by atoms with Gasteiger partial charge >= 0.3 is 0 Å². The Balaban J connectivity index is 1.98. The normalized spacial score (nSPS) is 10.2. The molecule has 0 bridgehead atoms. The molecule has 0 fully saturated rings. The Labute approximate surface area is 125 Å². The van der Waals surface area contributed by atoms with E-state index in [1.54, 1.807) is 6.07 Å². The SMILES string of the molecule is Cc1ccc(C(=O)NCCc2ccccc2C)c(NN)c1.